The van der Waals surface area contributed by atoms with Crippen LogP contribution in [0.4, 0.5) is 0 Å². The lowest BCUT2D eigenvalue weighted by atomic mass is 10.0. The van der Waals surface area contributed by atoms with E-state index in [1.54, 1.807) is 0 Å². The van der Waals surface area contributed by atoms with E-state index < -0.39 is 0 Å². The second-order valence-electron chi connectivity index (χ2n) is 5.83. The first-order valence-electron chi connectivity index (χ1n) is 7.91. The van der Waals surface area contributed by atoms with E-state index in [-0.39, 0.29) is 6.04 Å². The zero-order valence-corrected chi connectivity index (χ0v) is 14.0. The van der Waals surface area contributed by atoms with Crippen molar-refractivity contribution >= 4 is 11.3 Å². The molecule has 114 valence electrons. The van der Waals surface area contributed by atoms with Crippen LogP contribution in [0.3, 0.4) is 0 Å². The van der Waals surface area contributed by atoms with Crippen LogP contribution in [0.25, 0.3) is 0 Å². The van der Waals surface area contributed by atoms with Gasteiger partial charge in [-0.25, -0.2) is 4.98 Å². The van der Waals surface area contributed by atoms with Gasteiger partial charge in [0.15, 0.2) is 0 Å². The van der Waals surface area contributed by atoms with Gasteiger partial charge in [0.2, 0.25) is 0 Å². The predicted molar refractivity (Wildman–Crippen MR) is 86.8 cm³/mol. The van der Waals surface area contributed by atoms with Gasteiger partial charge in [0, 0.05) is 23.2 Å². The molecule has 5 heteroatoms. The Kier molecular flexibility index (Phi) is 4.40. The summed E-state index contributed by atoms with van der Waals surface area (Å²) >= 11 is 1.90. The SMILES string of the molecule is CCCNC(c1nc2c(s1)CCCC2)c1cnn(C)c1C. The Bertz CT molecular complexity index is 590. The predicted octanol–water partition coefficient (Wildman–Crippen LogP) is 3.15. The molecule has 0 saturated carbocycles. The summed E-state index contributed by atoms with van der Waals surface area (Å²) in [6.07, 6.45) is 8.07. The molecule has 2 aromatic rings. The minimum atomic E-state index is 0.189. The van der Waals surface area contributed by atoms with Crippen LogP contribution in [0.5, 0.6) is 0 Å². The van der Waals surface area contributed by atoms with Crippen LogP contribution in [-0.4, -0.2) is 21.3 Å². The highest BCUT2D eigenvalue weighted by Crippen LogP contribution is 2.33. The Balaban J connectivity index is 1.95. The van der Waals surface area contributed by atoms with Crippen molar-refractivity contribution in [1.82, 2.24) is 20.1 Å². The molecule has 4 nitrogen and oxygen atoms in total. The number of fused-ring (bicyclic) bond motifs is 1. The molecule has 0 saturated heterocycles. The molecule has 2 heterocycles. The maximum absolute atomic E-state index is 4.95. The van der Waals surface area contributed by atoms with Gasteiger partial charge in [0.1, 0.15) is 5.01 Å². The average Bonchev–Trinajstić information content (AvgIpc) is 3.05. The second kappa shape index (κ2) is 6.28. The fraction of sp³-hybridized carbons (Fsp3) is 0.625. The van der Waals surface area contributed by atoms with E-state index in [1.807, 2.05) is 29.3 Å². The molecule has 0 aromatic carbocycles. The van der Waals surface area contributed by atoms with Crippen molar-refractivity contribution in [3.63, 3.8) is 0 Å². The minimum Gasteiger partial charge on any atom is -0.304 e. The smallest absolute Gasteiger partial charge is 0.115 e. The van der Waals surface area contributed by atoms with E-state index in [4.69, 9.17) is 4.98 Å². The third-order valence-electron chi connectivity index (χ3n) is 4.29. The zero-order valence-electron chi connectivity index (χ0n) is 13.1. The van der Waals surface area contributed by atoms with Gasteiger partial charge in [-0.3, -0.25) is 4.68 Å². The first kappa shape index (κ1) is 14.7. The van der Waals surface area contributed by atoms with Crippen molar-refractivity contribution < 1.29 is 0 Å². The first-order valence-corrected chi connectivity index (χ1v) is 8.72. The quantitative estimate of drug-likeness (QED) is 0.922. The molecule has 0 bridgehead atoms. The van der Waals surface area contributed by atoms with Gasteiger partial charge in [-0.1, -0.05) is 6.92 Å². The largest absolute Gasteiger partial charge is 0.304 e. The topological polar surface area (TPSA) is 42.7 Å². The van der Waals surface area contributed by atoms with Crippen LogP contribution in [0.2, 0.25) is 0 Å². The molecule has 1 N–H and O–H groups in total. The van der Waals surface area contributed by atoms with Gasteiger partial charge in [-0.2, -0.15) is 5.10 Å². The molecule has 3 rings (SSSR count). The van der Waals surface area contributed by atoms with E-state index in [2.05, 4.69) is 24.3 Å². The molecule has 0 aliphatic heterocycles. The highest BCUT2D eigenvalue weighted by Gasteiger charge is 2.24. The number of hydrogen-bond acceptors (Lipinski definition) is 4. The number of aromatic nitrogens is 3. The molecular formula is C16H24N4S. The Morgan fingerprint density at radius 3 is 2.86 bits per heavy atom. The maximum Gasteiger partial charge on any atom is 0.115 e. The van der Waals surface area contributed by atoms with Crippen LogP contribution >= 0.6 is 11.3 Å². The normalized spacial score (nSPS) is 16.0. The lowest BCUT2D eigenvalue weighted by Crippen LogP contribution is -2.23. The van der Waals surface area contributed by atoms with Gasteiger partial charge in [-0.05, 0) is 45.6 Å². The van der Waals surface area contributed by atoms with E-state index in [1.165, 1.54) is 46.1 Å². The van der Waals surface area contributed by atoms with Crippen molar-refractivity contribution in [2.24, 2.45) is 7.05 Å². The number of nitrogens with zero attached hydrogens (tertiary/aromatic N) is 3. The number of hydrogen-bond donors (Lipinski definition) is 1. The first-order chi connectivity index (χ1) is 10.2. The molecule has 0 fully saturated rings. The van der Waals surface area contributed by atoms with Crippen LogP contribution < -0.4 is 5.32 Å². The summed E-state index contributed by atoms with van der Waals surface area (Å²) in [5, 5.41) is 9.28. The van der Waals surface area contributed by atoms with E-state index in [9.17, 15) is 0 Å². The van der Waals surface area contributed by atoms with Crippen molar-refractivity contribution in [1.29, 1.82) is 0 Å². The highest BCUT2D eigenvalue weighted by atomic mass is 32.1. The Morgan fingerprint density at radius 2 is 2.19 bits per heavy atom. The van der Waals surface area contributed by atoms with Gasteiger partial charge >= 0.3 is 0 Å². The lowest BCUT2D eigenvalue weighted by Gasteiger charge is -2.16. The van der Waals surface area contributed by atoms with Gasteiger partial charge in [0.25, 0.3) is 0 Å². The summed E-state index contributed by atoms with van der Waals surface area (Å²) in [5.74, 6) is 0. The van der Waals surface area contributed by atoms with Crippen molar-refractivity contribution in [2.45, 2.75) is 52.0 Å². The van der Waals surface area contributed by atoms with Crippen LogP contribution in [-0.2, 0) is 19.9 Å². The molecule has 0 spiro atoms. The monoisotopic (exact) mass is 304 g/mol. The lowest BCUT2D eigenvalue weighted by molar-refractivity contribution is 0.588. The van der Waals surface area contributed by atoms with Crippen molar-refractivity contribution in [3.05, 3.63) is 33.0 Å². The number of thiazole rings is 1. The molecule has 0 amide bonds. The molecule has 2 aromatic heterocycles. The third kappa shape index (κ3) is 2.90. The minimum absolute atomic E-state index is 0.189. The summed E-state index contributed by atoms with van der Waals surface area (Å²) in [6, 6.07) is 0.189. The molecule has 1 aliphatic rings. The molecule has 1 atom stereocenters. The molecular weight excluding hydrogens is 280 g/mol. The highest BCUT2D eigenvalue weighted by molar-refractivity contribution is 7.11. The molecule has 0 radical (unpaired) electrons. The van der Waals surface area contributed by atoms with Crippen molar-refractivity contribution in [2.75, 3.05) is 6.54 Å². The van der Waals surface area contributed by atoms with Gasteiger partial charge in [0.05, 0.1) is 17.9 Å². The molecule has 1 aliphatic carbocycles. The number of rotatable bonds is 5. The summed E-state index contributed by atoms with van der Waals surface area (Å²) in [7, 11) is 2.00. The summed E-state index contributed by atoms with van der Waals surface area (Å²) in [6.45, 7) is 5.34. The van der Waals surface area contributed by atoms with Crippen molar-refractivity contribution in [3.8, 4) is 0 Å². The maximum atomic E-state index is 4.95. The fourth-order valence-corrected chi connectivity index (χ4v) is 4.16. The van der Waals surface area contributed by atoms with E-state index >= 15 is 0 Å². The van der Waals surface area contributed by atoms with Gasteiger partial charge < -0.3 is 5.32 Å². The van der Waals surface area contributed by atoms with Crippen LogP contribution in [0.15, 0.2) is 6.20 Å². The Hall–Kier alpha value is -1.20. The fourth-order valence-electron chi connectivity index (χ4n) is 2.91. The molecule has 21 heavy (non-hydrogen) atoms. The number of nitrogens with one attached hydrogen (secondary N) is 1. The van der Waals surface area contributed by atoms with E-state index in [0.29, 0.717) is 0 Å². The summed E-state index contributed by atoms with van der Waals surface area (Å²) in [4.78, 5) is 6.45. The van der Waals surface area contributed by atoms with Crippen LogP contribution in [0.1, 0.15) is 59.1 Å². The second-order valence-corrected chi connectivity index (χ2v) is 6.94. The Morgan fingerprint density at radius 1 is 1.38 bits per heavy atom. The average molecular weight is 304 g/mol. The number of aryl methyl sites for hydroxylation is 3. The van der Waals surface area contributed by atoms with Crippen LogP contribution in [0, 0.1) is 6.92 Å². The Labute approximate surface area is 130 Å². The van der Waals surface area contributed by atoms with E-state index in [0.717, 1.165) is 19.4 Å². The summed E-state index contributed by atoms with van der Waals surface area (Å²) < 4.78 is 1.95. The van der Waals surface area contributed by atoms with Gasteiger partial charge in [-0.15, -0.1) is 11.3 Å². The third-order valence-corrected chi connectivity index (χ3v) is 5.51. The summed E-state index contributed by atoms with van der Waals surface area (Å²) in [5.41, 5.74) is 3.82. The zero-order chi connectivity index (χ0) is 14.8. The molecule has 1 unspecified atom stereocenters. The standard InChI is InChI=1S/C16H24N4S/c1-4-9-17-15(12-10-18-20(3)11(12)2)16-19-13-7-5-6-8-14(13)21-16/h10,15,17H,4-9H2,1-3H3.